The molecule has 0 aromatic heterocycles. The first-order chi connectivity index (χ1) is 10.2. The maximum atomic E-state index is 6.51. The minimum atomic E-state index is -0.239. The number of methoxy groups -OCH3 is 1. The molecule has 0 amide bonds. The quantitative estimate of drug-likeness (QED) is 0.836. The lowest BCUT2D eigenvalue weighted by atomic mass is 9.87. The fraction of sp³-hybridized carbons (Fsp3) is 0.647. The summed E-state index contributed by atoms with van der Waals surface area (Å²) >= 11 is 0. The van der Waals surface area contributed by atoms with Crippen LogP contribution in [0.25, 0.3) is 0 Å². The van der Waals surface area contributed by atoms with Crippen molar-refractivity contribution in [3.8, 4) is 11.5 Å². The van der Waals surface area contributed by atoms with E-state index in [0.29, 0.717) is 13.2 Å². The van der Waals surface area contributed by atoms with E-state index in [2.05, 4.69) is 0 Å². The van der Waals surface area contributed by atoms with E-state index < -0.39 is 0 Å². The maximum Gasteiger partial charge on any atom is 0.161 e. The van der Waals surface area contributed by atoms with Crippen LogP contribution in [0.2, 0.25) is 0 Å². The fourth-order valence-corrected chi connectivity index (χ4v) is 3.18. The van der Waals surface area contributed by atoms with Gasteiger partial charge in [0.1, 0.15) is 0 Å². The molecule has 1 fully saturated rings. The number of rotatable bonds is 7. The Bertz CT molecular complexity index is 455. The molecule has 1 saturated carbocycles. The van der Waals surface area contributed by atoms with Crippen LogP contribution in [0.3, 0.4) is 0 Å². The summed E-state index contributed by atoms with van der Waals surface area (Å²) in [5.41, 5.74) is 7.32. The van der Waals surface area contributed by atoms with E-state index >= 15 is 0 Å². The topological polar surface area (TPSA) is 53.7 Å². The molecular weight excluding hydrogens is 266 g/mol. The van der Waals surface area contributed by atoms with Crippen molar-refractivity contribution in [3.05, 3.63) is 23.8 Å². The minimum Gasteiger partial charge on any atom is -0.490 e. The minimum absolute atomic E-state index is 0.139. The Balaban J connectivity index is 2.28. The third kappa shape index (κ3) is 3.33. The van der Waals surface area contributed by atoms with E-state index in [1.807, 2.05) is 32.0 Å². The van der Waals surface area contributed by atoms with E-state index in [0.717, 1.165) is 29.9 Å². The highest BCUT2D eigenvalue weighted by Crippen LogP contribution is 2.42. The third-order valence-electron chi connectivity index (χ3n) is 4.35. The second-order valence-electron chi connectivity index (χ2n) is 5.53. The van der Waals surface area contributed by atoms with Crippen LogP contribution in [0, 0.1) is 0 Å². The van der Waals surface area contributed by atoms with E-state index in [1.54, 1.807) is 7.11 Å². The summed E-state index contributed by atoms with van der Waals surface area (Å²) in [6, 6.07) is 5.83. The van der Waals surface area contributed by atoms with Crippen LogP contribution in [0.5, 0.6) is 11.5 Å². The van der Waals surface area contributed by atoms with Gasteiger partial charge in [-0.05, 0) is 44.4 Å². The molecule has 1 unspecified atom stereocenters. The lowest BCUT2D eigenvalue weighted by molar-refractivity contribution is -0.0264. The molecule has 2 rings (SSSR count). The number of ether oxygens (including phenoxy) is 3. The average Bonchev–Trinajstić information content (AvgIpc) is 2.99. The molecule has 0 aliphatic heterocycles. The number of nitrogens with two attached hydrogens (primary N) is 1. The largest absolute Gasteiger partial charge is 0.490 e. The van der Waals surface area contributed by atoms with Gasteiger partial charge in [-0.15, -0.1) is 0 Å². The van der Waals surface area contributed by atoms with Crippen molar-refractivity contribution in [3.63, 3.8) is 0 Å². The number of hydrogen-bond donors (Lipinski definition) is 1. The summed E-state index contributed by atoms with van der Waals surface area (Å²) < 4.78 is 17.1. The first-order valence-electron chi connectivity index (χ1n) is 7.87. The predicted octanol–water partition coefficient (Wildman–Crippen LogP) is 3.44. The third-order valence-corrected chi connectivity index (χ3v) is 4.35. The summed E-state index contributed by atoms with van der Waals surface area (Å²) in [6.07, 6.45) is 4.39. The van der Waals surface area contributed by atoms with Crippen LogP contribution in [-0.4, -0.2) is 25.9 Å². The van der Waals surface area contributed by atoms with Crippen molar-refractivity contribution in [2.45, 2.75) is 51.2 Å². The first kappa shape index (κ1) is 16.1. The summed E-state index contributed by atoms with van der Waals surface area (Å²) in [6.45, 7) is 5.16. The molecule has 0 bridgehead atoms. The fourth-order valence-electron chi connectivity index (χ4n) is 3.18. The predicted molar refractivity (Wildman–Crippen MR) is 83.9 cm³/mol. The first-order valence-corrected chi connectivity index (χ1v) is 7.87. The highest BCUT2D eigenvalue weighted by atomic mass is 16.5. The van der Waals surface area contributed by atoms with E-state index in [9.17, 15) is 0 Å². The molecule has 1 aliphatic rings. The molecule has 0 heterocycles. The van der Waals surface area contributed by atoms with Crippen LogP contribution in [-0.2, 0) is 4.74 Å². The molecular formula is C17H27NO3. The van der Waals surface area contributed by atoms with Gasteiger partial charge in [-0.2, -0.15) is 0 Å². The lowest BCUT2D eigenvalue weighted by Gasteiger charge is -2.34. The van der Waals surface area contributed by atoms with Gasteiger partial charge in [0.25, 0.3) is 0 Å². The van der Waals surface area contributed by atoms with Gasteiger partial charge < -0.3 is 19.9 Å². The Morgan fingerprint density at radius 1 is 1.10 bits per heavy atom. The molecule has 0 radical (unpaired) electrons. The number of benzene rings is 1. The van der Waals surface area contributed by atoms with Crippen molar-refractivity contribution < 1.29 is 14.2 Å². The Hall–Kier alpha value is -1.26. The van der Waals surface area contributed by atoms with Crippen LogP contribution in [0.1, 0.15) is 51.1 Å². The molecule has 1 aliphatic carbocycles. The molecule has 1 aromatic rings. The normalized spacial score (nSPS) is 18.5. The summed E-state index contributed by atoms with van der Waals surface area (Å²) in [7, 11) is 1.77. The SMILES string of the molecule is CCOc1ccc(C(N)C2(OC)CCCC2)cc1OCC. The molecule has 1 aromatic carbocycles. The molecule has 0 saturated heterocycles. The van der Waals surface area contributed by atoms with Crippen molar-refractivity contribution in [2.24, 2.45) is 5.73 Å². The standard InChI is InChI=1S/C17H27NO3/c1-4-20-14-9-8-13(12-15(14)21-5-2)16(18)17(19-3)10-6-7-11-17/h8-9,12,16H,4-7,10-11,18H2,1-3H3. The summed E-state index contributed by atoms with van der Waals surface area (Å²) in [4.78, 5) is 0. The van der Waals surface area contributed by atoms with Crippen molar-refractivity contribution in [1.82, 2.24) is 0 Å². The molecule has 118 valence electrons. The van der Waals surface area contributed by atoms with Crippen LogP contribution < -0.4 is 15.2 Å². The molecule has 0 spiro atoms. The van der Waals surface area contributed by atoms with Crippen molar-refractivity contribution >= 4 is 0 Å². The zero-order valence-corrected chi connectivity index (χ0v) is 13.4. The lowest BCUT2D eigenvalue weighted by Crippen LogP contribution is -2.40. The summed E-state index contributed by atoms with van der Waals surface area (Å²) in [5.74, 6) is 1.53. The van der Waals surface area contributed by atoms with E-state index in [1.165, 1.54) is 12.8 Å². The van der Waals surface area contributed by atoms with Gasteiger partial charge in [0.2, 0.25) is 0 Å². The maximum absolute atomic E-state index is 6.51. The zero-order chi connectivity index (χ0) is 15.3. The van der Waals surface area contributed by atoms with Gasteiger partial charge >= 0.3 is 0 Å². The van der Waals surface area contributed by atoms with Crippen LogP contribution in [0.15, 0.2) is 18.2 Å². The van der Waals surface area contributed by atoms with Crippen molar-refractivity contribution in [2.75, 3.05) is 20.3 Å². The number of hydrogen-bond acceptors (Lipinski definition) is 4. The van der Waals surface area contributed by atoms with Gasteiger partial charge in [0.05, 0.1) is 24.9 Å². The second-order valence-corrected chi connectivity index (χ2v) is 5.53. The van der Waals surface area contributed by atoms with Crippen LogP contribution >= 0.6 is 0 Å². The molecule has 4 heteroatoms. The Morgan fingerprint density at radius 3 is 2.29 bits per heavy atom. The molecule has 21 heavy (non-hydrogen) atoms. The molecule has 2 N–H and O–H groups in total. The van der Waals surface area contributed by atoms with E-state index in [-0.39, 0.29) is 11.6 Å². The monoisotopic (exact) mass is 293 g/mol. The van der Waals surface area contributed by atoms with Gasteiger partial charge in [-0.25, -0.2) is 0 Å². The Labute approximate surface area is 127 Å². The highest BCUT2D eigenvalue weighted by Gasteiger charge is 2.40. The van der Waals surface area contributed by atoms with Gasteiger partial charge in [0.15, 0.2) is 11.5 Å². The van der Waals surface area contributed by atoms with Gasteiger partial charge in [-0.3, -0.25) is 0 Å². The molecule has 1 atom stereocenters. The Morgan fingerprint density at radius 2 is 1.71 bits per heavy atom. The van der Waals surface area contributed by atoms with Crippen molar-refractivity contribution in [1.29, 1.82) is 0 Å². The molecule has 4 nitrogen and oxygen atoms in total. The van der Waals surface area contributed by atoms with Gasteiger partial charge in [0, 0.05) is 7.11 Å². The highest BCUT2D eigenvalue weighted by molar-refractivity contribution is 5.44. The Kier molecular flexibility index (Phi) is 5.48. The van der Waals surface area contributed by atoms with E-state index in [4.69, 9.17) is 19.9 Å². The van der Waals surface area contributed by atoms with Crippen LogP contribution in [0.4, 0.5) is 0 Å². The smallest absolute Gasteiger partial charge is 0.161 e. The van der Waals surface area contributed by atoms with Gasteiger partial charge in [-0.1, -0.05) is 18.9 Å². The zero-order valence-electron chi connectivity index (χ0n) is 13.4. The second kappa shape index (κ2) is 7.14. The summed E-state index contributed by atoms with van der Waals surface area (Å²) in [5, 5.41) is 0. The average molecular weight is 293 g/mol.